The average Bonchev–Trinajstić information content (AvgIpc) is 3.22. The van der Waals surface area contributed by atoms with E-state index in [0.29, 0.717) is 48.2 Å². The highest BCUT2D eigenvalue weighted by atomic mass is 32.1. The van der Waals surface area contributed by atoms with E-state index in [4.69, 9.17) is 4.74 Å². The zero-order valence-corrected chi connectivity index (χ0v) is 19.7. The predicted octanol–water partition coefficient (Wildman–Crippen LogP) is 4.42. The first-order chi connectivity index (χ1) is 16.7. The molecule has 184 valence electrons. The number of hydrogen-bond acceptors (Lipinski definition) is 6. The van der Waals surface area contributed by atoms with Crippen molar-refractivity contribution in [1.82, 2.24) is 19.8 Å². The van der Waals surface area contributed by atoms with Crippen LogP contribution in [-0.2, 0) is 15.8 Å². The number of nitrogens with zero attached hydrogens (tertiary/aromatic N) is 4. The van der Waals surface area contributed by atoms with Gasteiger partial charge in [-0.25, -0.2) is 4.98 Å². The topological polar surface area (TPSA) is 75.6 Å². The van der Waals surface area contributed by atoms with Crippen LogP contribution in [0.3, 0.4) is 0 Å². The number of ether oxygens (including phenoxy) is 1. The first-order valence-electron chi connectivity index (χ1n) is 10.9. The molecule has 0 radical (unpaired) electrons. The molecule has 3 aromatic rings. The molecule has 0 saturated carbocycles. The van der Waals surface area contributed by atoms with Gasteiger partial charge in [0.05, 0.1) is 23.0 Å². The number of thiazole rings is 1. The molecule has 1 saturated heterocycles. The maximum atomic E-state index is 13.1. The van der Waals surface area contributed by atoms with Gasteiger partial charge < -0.3 is 14.5 Å². The van der Waals surface area contributed by atoms with Gasteiger partial charge in [0.15, 0.2) is 6.61 Å². The molecule has 0 aliphatic carbocycles. The molecule has 1 atom stereocenters. The fourth-order valence-corrected chi connectivity index (χ4v) is 4.78. The van der Waals surface area contributed by atoms with Crippen molar-refractivity contribution in [2.45, 2.75) is 25.6 Å². The Bertz CT molecular complexity index is 1170. The summed E-state index contributed by atoms with van der Waals surface area (Å²) in [4.78, 5) is 37.0. The smallest absolute Gasteiger partial charge is 0.417 e. The number of hydrogen-bond donors (Lipinski definition) is 0. The molecule has 1 aliphatic heterocycles. The van der Waals surface area contributed by atoms with Crippen LogP contribution in [0.5, 0.6) is 5.75 Å². The summed E-state index contributed by atoms with van der Waals surface area (Å²) in [5, 5.41) is 2.34. The van der Waals surface area contributed by atoms with Crippen molar-refractivity contribution in [2.24, 2.45) is 0 Å². The minimum atomic E-state index is -4.47. The lowest BCUT2D eigenvalue weighted by atomic mass is 10.1. The molecule has 1 unspecified atom stereocenters. The molecule has 1 aliphatic rings. The van der Waals surface area contributed by atoms with Gasteiger partial charge in [0, 0.05) is 38.1 Å². The van der Waals surface area contributed by atoms with Crippen LogP contribution in [0.15, 0.2) is 54.0 Å². The van der Waals surface area contributed by atoms with Crippen molar-refractivity contribution in [2.75, 3.05) is 26.2 Å². The Morgan fingerprint density at radius 2 is 1.86 bits per heavy atom. The average molecular weight is 505 g/mol. The van der Waals surface area contributed by atoms with E-state index in [0.717, 1.165) is 12.3 Å². The van der Waals surface area contributed by atoms with Gasteiger partial charge in [-0.3, -0.25) is 14.6 Å². The van der Waals surface area contributed by atoms with Gasteiger partial charge in [-0.05, 0) is 30.7 Å². The van der Waals surface area contributed by atoms with Gasteiger partial charge >= 0.3 is 6.18 Å². The van der Waals surface area contributed by atoms with Crippen molar-refractivity contribution in [3.8, 4) is 17.1 Å². The van der Waals surface area contributed by atoms with E-state index in [1.54, 1.807) is 27.3 Å². The third kappa shape index (κ3) is 5.97. The summed E-state index contributed by atoms with van der Waals surface area (Å²) in [5.41, 5.74) is -0.0934. The molecule has 1 fully saturated rings. The van der Waals surface area contributed by atoms with E-state index in [-0.39, 0.29) is 18.4 Å². The van der Waals surface area contributed by atoms with E-state index in [9.17, 15) is 22.8 Å². The highest BCUT2D eigenvalue weighted by Crippen LogP contribution is 2.33. The zero-order valence-electron chi connectivity index (χ0n) is 18.9. The molecule has 3 heterocycles. The second-order valence-electron chi connectivity index (χ2n) is 8.00. The number of halogens is 3. The fraction of sp³-hybridized carbons (Fsp3) is 0.333. The van der Waals surface area contributed by atoms with Gasteiger partial charge in [0.25, 0.3) is 5.91 Å². The summed E-state index contributed by atoms with van der Waals surface area (Å²) in [7, 11) is 0. The lowest BCUT2D eigenvalue weighted by molar-refractivity contribution is -0.138. The number of para-hydroxylation sites is 1. The minimum Gasteiger partial charge on any atom is -0.484 e. The van der Waals surface area contributed by atoms with E-state index in [1.807, 2.05) is 18.2 Å². The molecule has 2 amide bonds. The number of benzene rings is 1. The number of rotatable bonds is 5. The first kappa shape index (κ1) is 24.6. The predicted molar refractivity (Wildman–Crippen MR) is 124 cm³/mol. The molecule has 0 N–H and O–H groups in total. The van der Waals surface area contributed by atoms with Crippen LogP contribution in [0.2, 0.25) is 0 Å². The van der Waals surface area contributed by atoms with Gasteiger partial charge in [-0.2, -0.15) is 13.2 Å². The molecular weight excluding hydrogens is 481 g/mol. The van der Waals surface area contributed by atoms with Crippen LogP contribution >= 0.6 is 11.3 Å². The summed E-state index contributed by atoms with van der Waals surface area (Å²) >= 11 is 1.30. The third-order valence-electron chi connectivity index (χ3n) is 5.69. The lowest BCUT2D eigenvalue weighted by Gasteiger charge is -2.28. The zero-order chi connectivity index (χ0) is 25.0. The van der Waals surface area contributed by atoms with Crippen LogP contribution in [0, 0.1) is 0 Å². The second kappa shape index (κ2) is 10.4. The summed E-state index contributed by atoms with van der Waals surface area (Å²) < 4.78 is 44.2. The molecule has 7 nitrogen and oxygen atoms in total. The van der Waals surface area contributed by atoms with E-state index in [1.165, 1.54) is 24.3 Å². The number of alkyl halides is 3. The Balaban J connectivity index is 1.55. The van der Waals surface area contributed by atoms with E-state index < -0.39 is 17.8 Å². The molecule has 2 aromatic heterocycles. The molecule has 11 heteroatoms. The van der Waals surface area contributed by atoms with Gasteiger partial charge in [-0.1, -0.05) is 18.2 Å². The quantitative estimate of drug-likeness (QED) is 0.514. The second-order valence-corrected chi connectivity index (χ2v) is 8.89. The number of carbonyl (C=O) groups is 2. The SMILES string of the molecule is CC(=O)N1CCC(c2nc(-c3ccc(C(F)(F)F)cn3)cs2)N(C(=O)COc2ccccc2)CC1. The third-order valence-corrected chi connectivity index (χ3v) is 6.64. The van der Waals surface area contributed by atoms with Crippen molar-refractivity contribution in [1.29, 1.82) is 0 Å². The molecule has 4 rings (SSSR count). The molecule has 0 spiro atoms. The first-order valence-corrected chi connectivity index (χ1v) is 11.8. The maximum Gasteiger partial charge on any atom is 0.417 e. The van der Waals surface area contributed by atoms with Crippen molar-refractivity contribution >= 4 is 23.2 Å². The number of pyridine rings is 1. The van der Waals surface area contributed by atoms with Crippen molar-refractivity contribution in [3.05, 3.63) is 64.6 Å². The van der Waals surface area contributed by atoms with E-state index >= 15 is 0 Å². The summed E-state index contributed by atoms with van der Waals surface area (Å²) in [6, 6.07) is 10.8. The van der Waals surface area contributed by atoms with Crippen LogP contribution < -0.4 is 4.74 Å². The lowest BCUT2D eigenvalue weighted by Crippen LogP contribution is -2.40. The maximum absolute atomic E-state index is 13.1. The van der Waals surface area contributed by atoms with Gasteiger partial charge in [-0.15, -0.1) is 11.3 Å². The Morgan fingerprint density at radius 3 is 2.51 bits per heavy atom. The fourth-order valence-electron chi connectivity index (χ4n) is 3.82. The van der Waals surface area contributed by atoms with Crippen LogP contribution in [0.1, 0.15) is 30.0 Å². The van der Waals surface area contributed by atoms with Crippen LogP contribution in [-0.4, -0.2) is 57.8 Å². The molecule has 1 aromatic carbocycles. The van der Waals surface area contributed by atoms with Crippen LogP contribution in [0.4, 0.5) is 13.2 Å². The van der Waals surface area contributed by atoms with Crippen LogP contribution in [0.25, 0.3) is 11.4 Å². The Labute approximate surface area is 204 Å². The van der Waals surface area contributed by atoms with Gasteiger partial charge in [0.1, 0.15) is 10.8 Å². The summed E-state index contributed by atoms with van der Waals surface area (Å²) in [6.45, 7) is 2.48. The standard InChI is InChI=1S/C24H23F3N4O3S/c1-16(32)30-10-9-21(31(12-11-30)22(33)14-34-18-5-3-2-4-6-18)23-29-20(15-35-23)19-8-7-17(13-28-19)24(25,26)27/h2-8,13,15,21H,9-12,14H2,1H3. The highest BCUT2D eigenvalue weighted by Gasteiger charge is 2.33. The highest BCUT2D eigenvalue weighted by molar-refractivity contribution is 7.10. The monoisotopic (exact) mass is 504 g/mol. The Morgan fingerprint density at radius 1 is 1.09 bits per heavy atom. The van der Waals surface area contributed by atoms with E-state index in [2.05, 4.69) is 9.97 Å². The van der Waals surface area contributed by atoms with Crippen molar-refractivity contribution in [3.63, 3.8) is 0 Å². The minimum absolute atomic E-state index is 0.0765. The van der Waals surface area contributed by atoms with Gasteiger partial charge in [0.2, 0.25) is 5.91 Å². The molecule has 0 bridgehead atoms. The normalized spacial score (nSPS) is 16.6. The summed E-state index contributed by atoms with van der Waals surface area (Å²) in [6.07, 6.45) is -3.21. The van der Waals surface area contributed by atoms with Crippen molar-refractivity contribution < 1.29 is 27.5 Å². The Kier molecular flexibility index (Phi) is 7.34. The number of carbonyl (C=O) groups excluding carboxylic acids is 2. The largest absolute Gasteiger partial charge is 0.484 e. The molecule has 35 heavy (non-hydrogen) atoms. The number of aromatic nitrogens is 2. The molecular formula is C24H23F3N4O3S. The summed E-state index contributed by atoms with van der Waals surface area (Å²) in [5.74, 6) is 0.253. The Hall–Kier alpha value is -3.47. The number of amides is 2.